The predicted molar refractivity (Wildman–Crippen MR) is 117 cm³/mol. The summed E-state index contributed by atoms with van der Waals surface area (Å²) in [5.74, 6) is 0.293. The molecule has 2 aromatic heterocycles. The minimum absolute atomic E-state index is 0.00599. The summed E-state index contributed by atoms with van der Waals surface area (Å²) in [6.45, 7) is 3.02. The van der Waals surface area contributed by atoms with Crippen molar-refractivity contribution in [3.05, 3.63) is 41.0 Å². The highest BCUT2D eigenvalue weighted by atomic mass is 32.2. The molecular formula is C21H24F3N5O4S. The number of rotatable bonds is 5. The number of aromatic nitrogens is 4. The maximum Gasteiger partial charge on any atom is 0.433 e. The zero-order chi connectivity index (χ0) is 25.0. The fourth-order valence-corrected chi connectivity index (χ4v) is 5.33. The highest BCUT2D eigenvalue weighted by molar-refractivity contribution is 7.90. The number of benzene rings is 1. The van der Waals surface area contributed by atoms with Gasteiger partial charge in [-0.15, -0.1) is 0 Å². The average molecular weight is 500 g/mol. The van der Waals surface area contributed by atoms with E-state index in [1.807, 2.05) is 18.4 Å². The molecule has 0 spiro atoms. The molecular weight excluding hydrogens is 475 g/mol. The summed E-state index contributed by atoms with van der Waals surface area (Å²) in [6.07, 6.45) is -2.72. The lowest BCUT2D eigenvalue weighted by molar-refractivity contribution is -0.142. The summed E-state index contributed by atoms with van der Waals surface area (Å²) in [5, 5.41) is 19.0. The highest BCUT2D eigenvalue weighted by Gasteiger charge is 2.39. The van der Waals surface area contributed by atoms with E-state index in [2.05, 4.69) is 15.0 Å². The van der Waals surface area contributed by atoms with Crippen molar-refractivity contribution in [3.8, 4) is 0 Å². The van der Waals surface area contributed by atoms with E-state index in [1.54, 1.807) is 4.90 Å². The highest BCUT2D eigenvalue weighted by Crippen LogP contribution is 2.38. The molecule has 9 nitrogen and oxygen atoms in total. The maximum absolute atomic E-state index is 13.5. The zero-order valence-electron chi connectivity index (χ0n) is 18.7. The summed E-state index contributed by atoms with van der Waals surface area (Å²) < 4.78 is 66.9. The van der Waals surface area contributed by atoms with Crippen molar-refractivity contribution < 1.29 is 31.8 Å². The first kappa shape index (κ1) is 24.4. The number of alkyl halides is 3. The number of halogens is 3. The Kier molecular flexibility index (Phi) is 6.07. The Balaban J connectivity index is 1.87. The predicted octanol–water partition coefficient (Wildman–Crippen LogP) is 2.45. The van der Waals surface area contributed by atoms with Crippen molar-refractivity contribution in [2.75, 3.05) is 17.7 Å². The van der Waals surface area contributed by atoms with E-state index in [-0.39, 0.29) is 28.9 Å². The molecule has 3 heterocycles. The second kappa shape index (κ2) is 8.47. The van der Waals surface area contributed by atoms with Gasteiger partial charge in [0.15, 0.2) is 15.5 Å². The molecule has 3 aromatic rings. The lowest BCUT2D eigenvalue weighted by Crippen LogP contribution is -2.42. The lowest BCUT2D eigenvalue weighted by atomic mass is 10.00. The van der Waals surface area contributed by atoms with E-state index in [4.69, 9.17) is 0 Å². The van der Waals surface area contributed by atoms with Crippen LogP contribution in [0.25, 0.3) is 11.0 Å². The number of hydrogen-bond donors (Lipinski definition) is 2. The molecule has 2 N–H and O–H groups in total. The molecule has 1 aliphatic rings. The van der Waals surface area contributed by atoms with Gasteiger partial charge in [-0.2, -0.15) is 13.2 Å². The van der Waals surface area contributed by atoms with Crippen molar-refractivity contribution in [1.82, 2.24) is 19.5 Å². The van der Waals surface area contributed by atoms with Crippen LogP contribution in [0, 0.1) is 5.92 Å². The number of nitrogens with zero attached hydrogens (tertiary/aromatic N) is 5. The van der Waals surface area contributed by atoms with Crippen LogP contribution in [0.15, 0.2) is 23.2 Å². The largest absolute Gasteiger partial charge is 0.433 e. The monoisotopic (exact) mass is 499 g/mol. The van der Waals surface area contributed by atoms with Crippen molar-refractivity contribution in [3.63, 3.8) is 0 Å². The molecule has 1 aromatic carbocycles. The molecule has 0 radical (unpaired) electrons. The first-order valence-corrected chi connectivity index (χ1v) is 12.4. The molecule has 184 valence electrons. The van der Waals surface area contributed by atoms with Crippen LogP contribution in [0.1, 0.15) is 42.5 Å². The van der Waals surface area contributed by atoms with Crippen LogP contribution in [0.3, 0.4) is 0 Å². The summed E-state index contributed by atoms with van der Waals surface area (Å²) in [4.78, 5) is 14.2. The van der Waals surface area contributed by atoms with Gasteiger partial charge in [-0.05, 0) is 23.6 Å². The minimum atomic E-state index is -4.76. The molecule has 0 saturated carbocycles. The molecule has 0 aliphatic carbocycles. The Bertz CT molecular complexity index is 1350. The van der Waals surface area contributed by atoms with Crippen LogP contribution in [0.4, 0.5) is 19.1 Å². The van der Waals surface area contributed by atoms with Crippen molar-refractivity contribution in [1.29, 1.82) is 0 Å². The van der Waals surface area contributed by atoms with Crippen LogP contribution in [-0.4, -0.2) is 51.0 Å². The van der Waals surface area contributed by atoms with Crippen LogP contribution in [0.5, 0.6) is 0 Å². The van der Waals surface area contributed by atoms with E-state index in [0.29, 0.717) is 23.4 Å². The number of fused-ring (bicyclic) bond motifs is 3. The second-order valence-electron chi connectivity index (χ2n) is 8.58. The van der Waals surface area contributed by atoms with Gasteiger partial charge in [-0.25, -0.2) is 23.4 Å². The summed E-state index contributed by atoms with van der Waals surface area (Å²) in [5.41, 5.74) is -0.337. The van der Waals surface area contributed by atoms with E-state index < -0.39 is 46.5 Å². The third kappa shape index (κ3) is 4.12. The van der Waals surface area contributed by atoms with Crippen LogP contribution in [-0.2, 0) is 35.8 Å². The van der Waals surface area contributed by atoms with Gasteiger partial charge in [-0.1, -0.05) is 13.8 Å². The van der Waals surface area contributed by atoms with E-state index in [1.165, 1.54) is 12.1 Å². The Morgan fingerprint density at radius 3 is 2.35 bits per heavy atom. The zero-order valence-corrected chi connectivity index (χ0v) is 19.5. The lowest BCUT2D eigenvalue weighted by Gasteiger charge is -2.38. The van der Waals surface area contributed by atoms with Crippen LogP contribution >= 0.6 is 0 Å². The van der Waals surface area contributed by atoms with Gasteiger partial charge in [-0.3, -0.25) is 0 Å². The van der Waals surface area contributed by atoms with Crippen molar-refractivity contribution in [2.45, 2.75) is 50.7 Å². The number of imidazole rings is 1. The number of anilines is 1. The normalized spacial score (nSPS) is 17.0. The first-order valence-electron chi connectivity index (χ1n) is 10.5. The third-order valence-electron chi connectivity index (χ3n) is 5.87. The quantitative estimate of drug-likeness (QED) is 0.549. The van der Waals surface area contributed by atoms with Crippen molar-refractivity contribution in [2.24, 2.45) is 5.92 Å². The molecule has 4 rings (SSSR count). The van der Waals surface area contributed by atoms with Gasteiger partial charge in [0, 0.05) is 31.1 Å². The Morgan fingerprint density at radius 2 is 1.79 bits per heavy atom. The summed E-state index contributed by atoms with van der Waals surface area (Å²) in [7, 11) is -3.61. The van der Waals surface area contributed by atoms with Gasteiger partial charge in [0.25, 0.3) is 0 Å². The SMILES string of the molecule is CC(C)[C@H]1c2nc3cc(CO)c(S(C)(=O)=O)cc3n2CCN1c1ncc(CO)c(C(F)(F)F)n1. The number of hydrogen-bond acceptors (Lipinski definition) is 8. The molecule has 34 heavy (non-hydrogen) atoms. The third-order valence-corrected chi connectivity index (χ3v) is 7.05. The summed E-state index contributed by atoms with van der Waals surface area (Å²) in [6, 6.07) is 2.50. The maximum atomic E-state index is 13.5. The molecule has 13 heteroatoms. The van der Waals surface area contributed by atoms with Crippen molar-refractivity contribution >= 4 is 26.8 Å². The van der Waals surface area contributed by atoms with Gasteiger partial charge in [0.05, 0.1) is 35.2 Å². The molecule has 1 atom stereocenters. The molecule has 0 bridgehead atoms. The van der Waals surface area contributed by atoms with E-state index >= 15 is 0 Å². The van der Waals surface area contributed by atoms with Gasteiger partial charge in [0.1, 0.15) is 5.82 Å². The molecule has 0 saturated heterocycles. The van der Waals surface area contributed by atoms with Crippen LogP contribution < -0.4 is 4.90 Å². The minimum Gasteiger partial charge on any atom is -0.392 e. The standard InChI is InChI=1S/C21H24F3N5O4S/c1-11(2)17-19-26-14-6-12(9-30)16(34(3,32)33)7-15(14)28(19)4-5-29(17)20-25-8-13(10-31)18(27-20)21(22,23)24/h6-8,11,17,30-31H,4-5,9-10H2,1-3H3/t17-/m0/s1. The van der Waals surface area contributed by atoms with Gasteiger partial charge in [0.2, 0.25) is 5.95 Å². The molecule has 1 aliphatic heterocycles. The Morgan fingerprint density at radius 1 is 1.12 bits per heavy atom. The fraction of sp³-hybridized carbons (Fsp3) is 0.476. The fourth-order valence-electron chi connectivity index (χ4n) is 4.41. The molecule has 0 unspecified atom stereocenters. The van der Waals surface area contributed by atoms with Crippen LogP contribution in [0.2, 0.25) is 0 Å². The smallest absolute Gasteiger partial charge is 0.392 e. The average Bonchev–Trinajstić information content (AvgIpc) is 3.13. The van der Waals surface area contributed by atoms with Gasteiger partial charge >= 0.3 is 6.18 Å². The molecule has 0 amide bonds. The second-order valence-corrected chi connectivity index (χ2v) is 10.6. The Labute approximate surface area is 193 Å². The summed E-state index contributed by atoms with van der Waals surface area (Å²) >= 11 is 0. The molecule has 0 fully saturated rings. The number of aliphatic hydroxyl groups excluding tert-OH is 2. The first-order chi connectivity index (χ1) is 15.9. The van der Waals surface area contributed by atoms with E-state index in [0.717, 1.165) is 12.5 Å². The number of sulfone groups is 1. The Hall–Kier alpha value is -2.77. The topological polar surface area (TPSA) is 121 Å². The number of aliphatic hydroxyl groups is 2. The van der Waals surface area contributed by atoms with E-state index in [9.17, 15) is 31.8 Å². The van der Waals surface area contributed by atoms with Gasteiger partial charge < -0.3 is 19.7 Å².